The summed E-state index contributed by atoms with van der Waals surface area (Å²) in [4.78, 5) is 8.41. The van der Waals surface area contributed by atoms with Crippen LogP contribution in [0, 0.1) is 11.3 Å². The molecule has 0 radical (unpaired) electrons. The Morgan fingerprint density at radius 1 is 1.69 bits per heavy atom. The molecule has 2 heterocycles. The van der Waals surface area contributed by atoms with Gasteiger partial charge in [0, 0.05) is 29.2 Å². The Balaban J connectivity index is 1.90. The van der Waals surface area contributed by atoms with E-state index in [0.717, 1.165) is 22.8 Å². The van der Waals surface area contributed by atoms with Crippen LogP contribution in [0.15, 0.2) is 23.8 Å². The number of aromatic amines is 1. The Hall–Kier alpha value is -1.64. The number of hydrogen-bond donors (Lipinski definition) is 2. The second-order valence-electron chi connectivity index (χ2n) is 3.49. The fourth-order valence-corrected chi connectivity index (χ4v) is 2.16. The van der Waals surface area contributed by atoms with Gasteiger partial charge in [-0.05, 0) is 13.0 Å². The highest BCUT2D eigenvalue weighted by Crippen LogP contribution is 2.15. The highest BCUT2D eigenvalue weighted by molar-refractivity contribution is 7.10. The quantitative estimate of drug-likeness (QED) is 0.849. The molecule has 1 atom stereocenters. The van der Waals surface area contributed by atoms with Gasteiger partial charge in [0.2, 0.25) is 0 Å². The average molecular weight is 232 g/mol. The first-order valence-electron chi connectivity index (χ1n) is 5.00. The van der Waals surface area contributed by atoms with Gasteiger partial charge in [0.1, 0.15) is 11.9 Å². The summed E-state index contributed by atoms with van der Waals surface area (Å²) in [7, 11) is 0. The minimum atomic E-state index is 0.183. The van der Waals surface area contributed by atoms with Crippen LogP contribution in [-0.2, 0) is 6.54 Å². The number of aromatic nitrogens is 2. The zero-order chi connectivity index (χ0) is 11.4. The van der Waals surface area contributed by atoms with Gasteiger partial charge < -0.3 is 10.3 Å². The zero-order valence-electron chi connectivity index (χ0n) is 8.90. The van der Waals surface area contributed by atoms with E-state index >= 15 is 0 Å². The molecular weight excluding hydrogens is 220 g/mol. The van der Waals surface area contributed by atoms with Crippen LogP contribution < -0.4 is 5.32 Å². The van der Waals surface area contributed by atoms with E-state index in [2.05, 4.69) is 28.3 Å². The largest absolute Gasteiger partial charge is 0.347 e. The monoisotopic (exact) mass is 232 g/mol. The number of rotatable bonds is 4. The second kappa shape index (κ2) is 4.92. The predicted octanol–water partition coefficient (Wildman–Crippen LogP) is 2.19. The summed E-state index contributed by atoms with van der Waals surface area (Å²) < 4.78 is 0. The Morgan fingerprint density at radius 3 is 3.19 bits per heavy atom. The van der Waals surface area contributed by atoms with Gasteiger partial charge >= 0.3 is 0 Å². The standard InChI is InChI=1S/C11H12N4S/c1-8(11-13-2-3-14-11)15-6-10-4-9(5-12)7-16-10/h2-4,7-8,15H,6H2,1H3,(H,13,14). The topological polar surface area (TPSA) is 64.5 Å². The van der Waals surface area contributed by atoms with Crippen molar-refractivity contribution in [3.8, 4) is 6.07 Å². The van der Waals surface area contributed by atoms with Gasteiger partial charge in [-0.2, -0.15) is 5.26 Å². The summed E-state index contributed by atoms with van der Waals surface area (Å²) >= 11 is 1.60. The van der Waals surface area contributed by atoms with Crippen LogP contribution in [0.4, 0.5) is 0 Å². The molecule has 2 rings (SSSR count). The molecule has 0 saturated carbocycles. The molecule has 0 aliphatic carbocycles. The molecule has 0 aromatic carbocycles. The van der Waals surface area contributed by atoms with E-state index in [-0.39, 0.29) is 6.04 Å². The van der Waals surface area contributed by atoms with Crippen molar-refractivity contribution >= 4 is 11.3 Å². The molecular formula is C11H12N4S. The number of imidazole rings is 1. The van der Waals surface area contributed by atoms with Crippen molar-refractivity contribution < 1.29 is 0 Å². The van der Waals surface area contributed by atoms with Crippen molar-refractivity contribution in [2.45, 2.75) is 19.5 Å². The summed E-state index contributed by atoms with van der Waals surface area (Å²) in [5.41, 5.74) is 0.729. The van der Waals surface area contributed by atoms with Crippen LogP contribution in [0.5, 0.6) is 0 Å². The molecule has 0 fully saturated rings. The minimum absolute atomic E-state index is 0.183. The molecule has 0 amide bonds. The van der Waals surface area contributed by atoms with Crippen LogP contribution in [0.3, 0.4) is 0 Å². The van der Waals surface area contributed by atoms with Crippen molar-refractivity contribution in [3.05, 3.63) is 40.1 Å². The van der Waals surface area contributed by atoms with Crippen LogP contribution in [0.1, 0.15) is 29.2 Å². The van der Waals surface area contributed by atoms with Gasteiger partial charge in [0.25, 0.3) is 0 Å². The first kappa shape index (κ1) is 10.9. The van der Waals surface area contributed by atoms with E-state index in [0.29, 0.717) is 0 Å². The maximum Gasteiger partial charge on any atom is 0.122 e. The highest BCUT2D eigenvalue weighted by Gasteiger charge is 2.07. The van der Waals surface area contributed by atoms with Gasteiger partial charge in [-0.15, -0.1) is 11.3 Å². The van der Waals surface area contributed by atoms with E-state index in [1.807, 2.05) is 17.6 Å². The van der Waals surface area contributed by atoms with Crippen molar-refractivity contribution in [2.75, 3.05) is 0 Å². The van der Waals surface area contributed by atoms with E-state index < -0.39 is 0 Å². The maximum absolute atomic E-state index is 8.70. The normalized spacial score (nSPS) is 12.2. The minimum Gasteiger partial charge on any atom is -0.347 e. The molecule has 0 aliphatic heterocycles. The number of H-pyrrole nitrogens is 1. The lowest BCUT2D eigenvalue weighted by Gasteiger charge is -2.09. The van der Waals surface area contributed by atoms with Crippen molar-refractivity contribution in [1.29, 1.82) is 5.26 Å². The Bertz CT molecular complexity index is 480. The first-order valence-corrected chi connectivity index (χ1v) is 5.87. The van der Waals surface area contributed by atoms with Gasteiger partial charge in [0.05, 0.1) is 11.6 Å². The molecule has 4 nitrogen and oxygen atoms in total. The molecule has 0 spiro atoms. The SMILES string of the molecule is CC(NCc1cc(C#N)cs1)c1ncc[nH]1. The molecule has 1 unspecified atom stereocenters. The van der Waals surface area contributed by atoms with Crippen LogP contribution >= 0.6 is 11.3 Å². The molecule has 2 N–H and O–H groups in total. The fourth-order valence-electron chi connectivity index (χ4n) is 1.40. The van der Waals surface area contributed by atoms with Crippen molar-refractivity contribution in [3.63, 3.8) is 0 Å². The van der Waals surface area contributed by atoms with E-state index in [1.165, 1.54) is 0 Å². The van der Waals surface area contributed by atoms with Crippen molar-refractivity contribution in [1.82, 2.24) is 15.3 Å². The lowest BCUT2D eigenvalue weighted by atomic mass is 10.3. The summed E-state index contributed by atoms with van der Waals surface area (Å²) in [5, 5.41) is 13.9. The second-order valence-corrected chi connectivity index (χ2v) is 4.49. The number of nitrogens with one attached hydrogen (secondary N) is 2. The third-order valence-corrected chi connectivity index (χ3v) is 3.23. The molecule has 16 heavy (non-hydrogen) atoms. The van der Waals surface area contributed by atoms with E-state index in [4.69, 9.17) is 5.26 Å². The lowest BCUT2D eigenvalue weighted by Crippen LogP contribution is -2.18. The Labute approximate surface area is 98.0 Å². The van der Waals surface area contributed by atoms with Gasteiger partial charge in [-0.3, -0.25) is 0 Å². The molecule has 0 saturated heterocycles. The number of nitriles is 1. The zero-order valence-corrected chi connectivity index (χ0v) is 9.71. The van der Waals surface area contributed by atoms with E-state index in [1.54, 1.807) is 17.5 Å². The number of thiophene rings is 1. The van der Waals surface area contributed by atoms with Crippen molar-refractivity contribution in [2.24, 2.45) is 0 Å². The van der Waals surface area contributed by atoms with Gasteiger partial charge in [0.15, 0.2) is 0 Å². The summed E-state index contributed by atoms with van der Waals surface area (Å²) in [6.45, 7) is 2.81. The summed E-state index contributed by atoms with van der Waals surface area (Å²) in [6.07, 6.45) is 3.55. The van der Waals surface area contributed by atoms with Crippen LogP contribution in [0.25, 0.3) is 0 Å². The smallest absolute Gasteiger partial charge is 0.122 e. The molecule has 82 valence electrons. The van der Waals surface area contributed by atoms with Gasteiger partial charge in [-0.1, -0.05) is 0 Å². The number of hydrogen-bond acceptors (Lipinski definition) is 4. The molecule has 2 aromatic heterocycles. The summed E-state index contributed by atoms with van der Waals surface area (Å²) in [5.74, 6) is 0.928. The lowest BCUT2D eigenvalue weighted by molar-refractivity contribution is 0.554. The van der Waals surface area contributed by atoms with Crippen LogP contribution in [-0.4, -0.2) is 9.97 Å². The Morgan fingerprint density at radius 2 is 2.56 bits per heavy atom. The maximum atomic E-state index is 8.70. The average Bonchev–Trinajstić information content (AvgIpc) is 2.96. The fraction of sp³-hybridized carbons (Fsp3) is 0.273. The highest BCUT2D eigenvalue weighted by atomic mass is 32.1. The molecule has 5 heteroatoms. The third kappa shape index (κ3) is 2.48. The third-order valence-electron chi connectivity index (χ3n) is 2.29. The Kier molecular flexibility index (Phi) is 3.34. The first-order chi connectivity index (χ1) is 7.79. The van der Waals surface area contributed by atoms with Crippen LogP contribution in [0.2, 0.25) is 0 Å². The summed E-state index contributed by atoms with van der Waals surface area (Å²) in [6, 6.07) is 4.22. The molecule has 2 aromatic rings. The predicted molar refractivity (Wildman–Crippen MR) is 62.9 cm³/mol. The molecule has 0 aliphatic rings. The number of nitrogens with zero attached hydrogens (tertiary/aromatic N) is 2. The van der Waals surface area contributed by atoms with E-state index in [9.17, 15) is 0 Å². The molecule has 0 bridgehead atoms. The van der Waals surface area contributed by atoms with Gasteiger partial charge in [-0.25, -0.2) is 4.98 Å².